The molecule has 1 atom stereocenters. The minimum absolute atomic E-state index is 0.154. The smallest absolute Gasteiger partial charge is 0.138 e. The predicted molar refractivity (Wildman–Crippen MR) is 83.5 cm³/mol. The van der Waals surface area contributed by atoms with Gasteiger partial charge in [0.25, 0.3) is 0 Å². The molecular formula is C15H21ClN4O. The van der Waals surface area contributed by atoms with Crippen LogP contribution < -0.4 is 10.5 Å². The molecule has 2 N–H and O–H groups in total. The van der Waals surface area contributed by atoms with Crippen molar-refractivity contribution in [3.05, 3.63) is 40.4 Å². The van der Waals surface area contributed by atoms with Gasteiger partial charge in [0.2, 0.25) is 0 Å². The van der Waals surface area contributed by atoms with Crippen molar-refractivity contribution < 1.29 is 4.74 Å². The maximum Gasteiger partial charge on any atom is 0.138 e. The van der Waals surface area contributed by atoms with Gasteiger partial charge in [0.15, 0.2) is 0 Å². The Kier molecular flexibility index (Phi) is 5.20. The number of nitrogens with zero attached hydrogens (tertiary/aromatic N) is 3. The van der Waals surface area contributed by atoms with E-state index in [4.69, 9.17) is 22.1 Å². The van der Waals surface area contributed by atoms with Crippen LogP contribution in [0.2, 0.25) is 5.15 Å². The maximum atomic E-state index is 6.17. The summed E-state index contributed by atoms with van der Waals surface area (Å²) in [5, 5.41) is 4.86. The highest BCUT2D eigenvalue weighted by Gasteiger charge is 2.12. The van der Waals surface area contributed by atoms with E-state index in [1.54, 1.807) is 10.9 Å². The highest BCUT2D eigenvalue weighted by atomic mass is 35.5. The Balaban J connectivity index is 1.97. The lowest BCUT2D eigenvalue weighted by Gasteiger charge is -2.09. The second-order valence-electron chi connectivity index (χ2n) is 5.12. The van der Waals surface area contributed by atoms with Crippen LogP contribution >= 0.6 is 11.6 Å². The quantitative estimate of drug-likeness (QED) is 0.891. The fourth-order valence-electron chi connectivity index (χ4n) is 2.02. The van der Waals surface area contributed by atoms with E-state index in [0.717, 1.165) is 29.8 Å². The van der Waals surface area contributed by atoms with Crippen molar-refractivity contribution in [1.82, 2.24) is 14.8 Å². The fraction of sp³-hybridized carbons (Fsp3) is 0.467. The van der Waals surface area contributed by atoms with Crippen molar-refractivity contribution in [2.24, 2.45) is 12.8 Å². The van der Waals surface area contributed by atoms with Gasteiger partial charge < -0.3 is 10.5 Å². The summed E-state index contributed by atoms with van der Waals surface area (Å²) in [4.78, 5) is 4.37. The highest BCUT2D eigenvalue weighted by Crippen LogP contribution is 2.21. The van der Waals surface area contributed by atoms with E-state index in [1.807, 2.05) is 26.1 Å². The van der Waals surface area contributed by atoms with Gasteiger partial charge in [0.05, 0.1) is 11.9 Å². The summed E-state index contributed by atoms with van der Waals surface area (Å²) in [6.07, 6.45) is 3.44. The van der Waals surface area contributed by atoms with Crippen molar-refractivity contribution >= 4 is 11.6 Å². The Morgan fingerprint density at radius 3 is 2.71 bits per heavy atom. The van der Waals surface area contributed by atoms with Gasteiger partial charge in [-0.15, -0.1) is 0 Å². The van der Waals surface area contributed by atoms with E-state index < -0.39 is 0 Å². The molecule has 0 fully saturated rings. The molecular weight excluding hydrogens is 288 g/mol. The molecule has 2 heterocycles. The molecule has 21 heavy (non-hydrogen) atoms. The first-order valence-electron chi connectivity index (χ1n) is 7.02. The molecule has 2 aromatic rings. The predicted octanol–water partition coefficient (Wildman–Crippen LogP) is 2.64. The van der Waals surface area contributed by atoms with Crippen molar-refractivity contribution in [3.63, 3.8) is 0 Å². The van der Waals surface area contributed by atoms with Crippen LogP contribution in [0, 0.1) is 6.92 Å². The Bertz CT molecular complexity index is 594. The van der Waals surface area contributed by atoms with Crippen LogP contribution in [-0.4, -0.2) is 20.8 Å². The molecule has 0 bridgehead atoms. The molecule has 114 valence electrons. The third-order valence-electron chi connectivity index (χ3n) is 3.45. The first-order valence-corrected chi connectivity index (χ1v) is 7.40. The van der Waals surface area contributed by atoms with Crippen LogP contribution in [0.25, 0.3) is 0 Å². The van der Waals surface area contributed by atoms with E-state index in [1.165, 1.54) is 0 Å². The molecule has 0 spiro atoms. The second kappa shape index (κ2) is 6.91. The summed E-state index contributed by atoms with van der Waals surface area (Å²) in [6, 6.07) is 4.01. The zero-order chi connectivity index (χ0) is 15.4. The van der Waals surface area contributed by atoms with E-state index in [-0.39, 0.29) is 6.04 Å². The summed E-state index contributed by atoms with van der Waals surface area (Å²) in [5.41, 5.74) is 8.67. The molecule has 1 unspecified atom stereocenters. The number of rotatable bonds is 6. The average molecular weight is 309 g/mol. The number of ether oxygens (including phenoxy) is 1. The third-order valence-corrected chi connectivity index (χ3v) is 3.92. The topological polar surface area (TPSA) is 66.0 Å². The van der Waals surface area contributed by atoms with Crippen molar-refractivity contribution in [2.45, 2.75) is 39.3 Å². The van der Waals surface area contributed by atoms with Crippen LogP contribution in [0.3, 0.4) is 0 Å². The van der Waals surface area contributed by atoms with Crippen molar-refractivity contribution in [2.75, 3.05) is 0 Å². The van der Waals surface area contributed by atoms with Gasteiger partial charge >= 0.3 is 0 Å². The summed E-state index contributed by atoms with van der Waals surface area (Å²) < 4.78 is 7.36. The molecule has 0 saturated carbocycles. The summed E-state index contributed by atoms with van der Waals surface area (Å²) in [7, 11) is 1.81. The van der Waals surface area contributed by atoms with Crippen LogP contribution in [-0.2, 0) is 20.1 Å². The van der Waals surface area contributed by atoms with Gasteiger partial charge in [0, 0.05) is 30.8 Å². The fourth-order valence-corrected chi connectivity index (χ4v) is 2.25. The van der Waals surface area contributed by atoms with Gasteiger partial charge in [-0.3, -0.25) is 9.67 Å². The molecule has 0 saturated heterocycles. The molecule has 6 heteroatoms. The van der Waals surface area contributed by atoms with Gasteiger partial charge in [0.1, 0.15) is 17.5 Å². The van der Waals surface area contributed by atoms with Gasteiger partial charge in [-0.1, -0.05) is 18.5 Å². The van der Waals surface area contributed by atoms with Crippen LogP contribution in [0.15, 0.2) is 18.3 Å². The third kappa shape index (κ3) is 3.95. The van der Waals surface area contributed by atoms with Gasteiger partial charge in [-0.05, 0) is 25.5 Å². The number of pyridine rings is 1. The zero-order valence-corrected chi connectivity index (χ0v) is 13.4. The second-order valence-corrected chi connectivity index (χ2v) is 5.48. The minimum atomic E-state index is 0.154. The summed E-state index contributed by atoms with van der Waals surface area (Å²) in [5.74, 6) is 0.711. The van der Waals surface area contributed by atoms with Crippen LogP contribution in [0.1, 0.15) is 30.3 Å². The molecule has 2 rings (SSSR count). The van der Waals surface area contributed by atoms with E-state index in [9.17, 15) is 0 Å². The molecule has 0 amide bonds. The molecule has 0 aromatic carbocycles. The van der Waals surface area contributed by atoms with E-state index in [2.05, 4.69) is 17.0 Å². The first kappa shape index (κ1) is 15.8. The van der Waals surface area contributed by atoms with E-state index in [0.29, 0.717) is 17.5 Å². The zero-order valence-electron chi connectivity index (χ0n) is 12.6. The lowest BCUT2D eigenvalue weighted by atomic mass is 10.1. The number of aryl methyl sites for hydroxylation is 2. The monoisotopic (exact) mass is 308 g/mol. The van der Waals surface area contributed by atoms with Crippen molar-refractivity contribution in [3.8, 4) is 5.75 Å². The standard InChI is InChI=1S/C15H21ClN4O/c1-4-11(17)7-12-5-6-13(8-18-12)21-9-14-10(2)19-20(3)15(14)16/h5-6,8,11H,4,7,9,17H2,1-3H3. The summed E-state index contributed by atoms with van der Waals surface area (Å²) >= 11 is 6.17. The molecule has 5 nitrogen and oxygen atoms in total. The SMILES string of the molecule is CCC(N)Cc1ccc(OCc2c(C)nn(C)c2Cl)cn1. The molecule has 0 aliphatic heterocycles. The Morgan fingerprint density at radius 1 is 1.43 bits per heavy atom. The Hall–Kier alpha value is -1.59. The molecule has 0 aliphatic carbocycles. The highest BCUT2D eigenvalue weighted by molar-refractivity contribution is 6.30. The van der Waals surface area contributed by atoms with Gasteiger partial charge in [-0.2, -0.15) is 5.10 Å². The van der Waals surface area contributed by atoms with Gasteiger partial charge in [-0.25, -0.2) is 0 Å². The lowest BCUT2D eigenvalue weighted by molar-refractivity contribution is 0.304. The number of hydrogen-bond donors (Lipinski definition) is 1. The van der Waals surface area contributed by atoms with E-state index >= 15 is 0 Å². The average Bonchev–Trinajstić information content (AvgIpc) is 2.71. The number of nitrogens with two attached hydrogens (primary N) is 1. The normalized spacial score (nSPS) is 12.4. The van der Waals surface area contributed by atoms with Crippen LogP contribution in [0.5, 0.6) is 5.75 Å². The Labute approximate surface area is 130 Å². The number of halogens is 1. The molecule has 0 radical (unpaired) electrons. The first-order chi connectivity index (χ1) is 10.0. The summed E-state index contributed by atoms with van der Waals surface area (Å²) in [6.45, 7) is 4.37. The maximum absolute atomic E-state index is 6.17. The van der Waals surface area contributed by atoms with Crippen molar-refractivity contribution in [1.29, 1.82) is 0 Å². The molecule has 0 aliphatic rings. The van der Waals surface area contributed by atoms with Crippen LogP contribution in [0.4, 0.5) is 0 Å². The Morgan fingerprint density at radius 2 is 2.19 bits per heavy atom. The molecule has 2 aromatic heterocycles. The minimum Gasteiger partial charge on any atom is -0.487 e. The lowest BCUT2D eigenvalue weighted by Crippen LogP contribution is -2.21. The largest absolute Gasteiger partial charge is 0.487 e. The number of hydrogen-bond acceptors (Lipinski definition) is 4. The number of aromatic nitrogens is 3.